The first-order chi connectivity index (χ1) is 14.6. The van der Waals surface area contributed by atoms with Crippen LogP contribution in [0.4, 0.5) is 14.5 Å². The van der Waals surface area contributed by atoms with Gasteiger partial charge in [0.25, 0.3) is 5.91 Å². The third-order valence-electron chi connectivity index (χ3n) is 4.28. The number of thiophene rings is 1. The Morgan fingerprint density at radius 1 is 1.16 bits per heavy atom. The first kappa shape index (κ1) is 21.7. The van der Waals surface area contributed by atoms with Gasteiger partial charge >= 0.3 is 13.3 Å². The van der Waals surface area contributed by atoms with E-state index in [-0.39, 0.29) is 15.4 Å². The number of benzene rings is 2. The van der Waals surface area contributed by atoms with Crippen LogP contribution in [0.5, 0.6) is 0 Å². The second kappa shape index (κ2) is 7.88. The maximum Gasteiger partial charge on any atom is 0.400 e. The molecule has 0 saturated carbocycles. The normalized spacial score (nSPS) is 12.3. The monoisotopic (exact) mass is 528 g/mol. The van der Waals surface area contributed by atoms with Gasteiger partial charge < -0.3 is 15.1 Å². The van der Waals surface area contributed by atoms with Crippen LogP contribution in [0, 0.1) is 0 Å². The van der Waals surface area contributed by atoms with E-state index in [1.165, 1.54) is 35.4 Å². The molecule has 2 aromatic carbocycles. The topological polar surface area (TPSA) is 117 Å². The number of amides is 1. The highest BCUT2D eigenvalue weighted by Crippen LogP contribution is 2.62. The second-order valence-electron chi connectivity index (χ2n) is 6.36. The van der Waals surface area contributed by atoms with Crippen LogP contribution in [0.3, 0.4) is 0 Å². The van der Waals surface area contributed by atoms with Gasteiger partial charge in [-0.15, -0.1) is 11.3 Å². The highest BCUT2D eigenvalue weighted by molar-refractivity contribution is 9.10. The number of carbonyl (C=O) groups excluding carboxylic acids is 1. The van der Waals surface area contributed by atoms with Crippen LogP contribution in [-0.4, -0.2) is 30.7 Å². The lowest BCUT2D eigenvalue weighted by Gasteiger charge is -2.16. The van der Waals surface area contributed by atoms with Crippen LogP contribution in [-0.2, 0) is 10.2 Å². The predicted octanol–water partition coefficient (Wildman–Crippen LogP) is 4.72. The largest absolute Gasteiger partial charge is 0.400 e. The lowest BCUT2D eigenvalue weighted by Crippen LogP contribution is -2.12. The number of halogens is 3. The number of hydrogen-bond donors (Lipinski definition) is 3. The van der Waals surface area contributed by atoms with Gasteiger partial charge in [-0.3, -0.25) is 9.36 Å². The zero-order valence-electron chi connectivity index (χ0n) is 15.2. The van der Waals surface area contributed by atoms with Gasteiger partial charge in [-0.2, -0.15) is 23.8 Å². The summed E-state index contributed by atoms with van der Waals surface area (Å²) in [5, 5.41) is 11.0. The molecule has 160 valence electrons. The molecular weight excluding hydrogens is 517 g/mol. The summed E-state index contributed by atoms with van der Waals surface area (Å²) >= 11 is 3.55. The number of nitrogens with one attached hydrogen (secondary N) is 1. The average Bonchev–Trinajstić information content (AvgIpc) is 3.36. The third kappa shape index (κ3) is 4.04. The van der Waals surface area contributed by atoms with Crippen LogP contribution < -0.4 is 5.32 Å². The summed E-state index contributed by atoms with van der Waals surface area (Å²) in [4.78, 5) is 31.3. The van der Waals surface area contributed by atoms with Crippen molar-refractivity contribution in [2.24, 2.45) is 0 Å². The van der Waals surface area contributed by atoms with E-state index in [0.717, 1.165) is 0 Å². The van der Waals surface area contributed by atoms with Crippen molar-refractivity contribution in [1.29, 1.82) is 0 Å². The molecule has 0 fully saturated rings. The van der Waals surface area contributed by atoms with E-state index in [4.69, 9.17) is 9.79 Å². The van der Waals surface area contributed by atoms with Crippen molar-refractivity contribution in [2.75, 3.05) is 5.32 Å². The first-order valence-electron chi connectivity index (χ1n) is 8.52. The van der Waals surface area contributed by atoms with Gasteiger partial charge in [0.2, 0.25) is 0 Å². The number of hydrogen-bond acceptors (Lipinski definition) is 5. The Hall–Kier alpha value is -2.50. The van der Waals surface area contributed by atoms with Crippen molar-refractivity contribution in [3.63, 3.8) is 0 Å². The molecule has 0 aliphatic carbocycles. The van der Waals surface area contributed by atoms with Crippen molar-refractivity contribution in [3.05, 3.63) is 69.8 Å². The molecule has 0 aliphatic heterocycles. The zero-order valence-corrected chi connectivity index (χ0v) is 18.5. The summed E-state index contributed by atoms with van der Waals surface area (Å²) in [7, 11) is -5.72. The van der Waals surface area contributed by atoms with Crippen molar-refractivity contribution in [3.8, 4) is 5.69 Å². The molecule has 4 aromatic rings. The minimum atomic E-state index is -5.72. The van der Waals surface area contributed by atoms with E-state index in [1.807, 2.05) is 0 Å². The zero-order chi connectivity index (χ0) is 22.4. The predicted molar refractivity (Wildman–Crippen MR) is 115 cm³/mol. The van der Waals surface area contributed by atoms with Crippen molar-refractivity contribution < 1.29 is 27.9 Å². The molecule has 0 radical (unpaired) electrons. The van der Waals surface area contributed by atoms with Crippen LogP contribution in [0.2, 0.25) is 0 Å². The lowest BCUT2D eigenvalue weighted by molar-refractivity contribution is 0.0595. The third-order valence-corrected chi connectivity index (χ3v) is 7.72. The number of alkyl halides is 2. The maximum atomic E-state index is 14.2. The molecule has 0 spiro atoms. The Morgan fingerprint density at radius 3 is 2.55 bits per heavy atom. The van der Waals surface area contributed by atoms with Crippen LogP contribution >= 0.6 is 34.9 Å². The summed E-state index contributed by atoms with van der Waals surface area (Å²) in [5.41, 5.74) is -3.07. The number of nitrogens with zero attached hydrogens (tertiary/aromatic N) is 3. The number of carbonyl (C=O) groups is 1. The van der Waals surface area contributed by atoms with Crippen LogP contribution in [0.15, 0.2) is 59.3 Å². The van der Waals surface area contributed by atoms with E-state index in [9.17, 15) is 18.1 Å². The summed E-state index contributed by atoms with van der Waals surface area (Å²) in [6, 6.07) is 11.1. The van der Waals surface area contributed by atoms with E-state index >= 15 is 0 Å². The summed E-state index contributed by atoms with van der Waals surface area (Å²) in [5.74, 6) is -0.492. The Balaban J connectivity index is 1.65. The summed E-state index contributed by atoms with van der Waals surface area (Å²) < 4.78 is 39.8. The van der Waals surface area contributed by atoms with Crippen LogP contribution in [0.1, 0.15) is 15.2 Å². The minimum absolute atomic E-state index is 0.165. The fraction of sp³-hybridized carbons (Fsp3) is 0.0556. The summed E-state index contributed by atoms with van der Waals surface area (Å²) in [6.45, 7) is 0. The number of anilines is 1. The molecule has 1 amide bonds. The highest BCUT2D eigenvalue weighted by Gasteiger charge is 2.53. The van der Waals surface area contributed by atoms with Gasteiger partial charge in [-0.25, -0.2) is 0 Å². The number of rotatable bonds is 5. The fourth-order valence-electron chi connectivity index (χ4n) is 2.79. The van der Waals surface area contributed by atoms with Crippen molar-refractivity contribution in [1.82, 2.24) is 15.0 Å². The molecule has 4 rings (SSSR count). The van der Waals surface area contributed by atoms with E-state index < -0.39 is 24.0 Å². The molecular formula is C18H12BrF2N4O4PS. The van der Waals surface area contributed by atoms with E-state index in [2.05, 4.69) is 31.4 Å². The molecule has 2 heterocycles. The van der Waals surface area contributed by atoms with Gasteiger partial charge in [0.05, 0.1) is 18.1 Å². The van der Waals surface area contributed by atoms with Gasteiger partial charge in [0.1, 0.15) is 4.88 Å². The minimum Gasteiger partial charge on any atom is -0.322 e. The molecule has 0 saturated heterocycles. The molecule has 3 N–H and O–H groups in total. The van der Waals surface area contributed by atoms with Gasteiger partial charge in [0, 0.05) is 25.8 Å². The standard InChI is InChI=1S/C18H12BrF2N4O4PS/c19-15-13-8-10(4-5-14(13)31-16(15)18(20,21)30(27,28)29)17(26)24-11-2-1-3-12(9-11)25-22-6-7-23-25/h1-9H,(H,24,26)(H2,27,28,29). The molecule has 2 aromatic heterocycles. The second-order valence-corrected chi connectivity index (χ2v) is 9.86. The van der Waals surface area contributed by atoms with Gasteiger partial charge in [0.15, 0.2) is 0 Å². The molecule has 0 atom stereocenters. The average molecular weight is 529 g/mol. The van der Waals surface area contributed by atoms with E-state index in [1.54, 1.807) is 24.3 Å². The molecule has 31 heavy (non-hydrogen) atoms. The molecule has 0 bridgehead atoms. The van der Waals surface area contributed by atoms with Crippen LogP contribution in [0.25, 0.3) is 15.8 Å². The molecule has 0 unspecified atom stereocenters. The fourth-order valence-corrected chi connectivity index (χ4v) is 5.72. The molecule has 0 aliphatic rings. The Bertz CT molecular complexity index is 1340. The number of aromatic nitrogens is 3. The first-order valence-corrected chi connectivity index (χ1v) is 11.7. The quantitative estimate of drug-likeness (QED) is 0.322. The van der Waals surface area contributed by atoms with Gasteiger partial charge in [-0.1, -0.05) is 6.07 Å². The molecule has 8 nitrogen and oxygen atoms in total. The van der Waals surface area contributed by atoms with Crippen molar-refractivity contribution >= 4 is 56.5 Å². The maximum absolute atomic E-state index is 14.2. The highest BCUT2D eigenvalue weighted by atomic mass is 79.9. The lowest BCUT2D eigenvalue weighted by atomic mass is 10.1. The van der Waals surface area contributed by atoms with Gasteiger partial charge in [-0.05, 0) is 52.3 Å². The Labute approximate surface area is 185 Å². The Morgan fingerprint density at radius 2 is 1.87 bits per heavy atom. The SMILES string of the molecule is O=C(Nc1cccc(-n2nccn2)c1)c1ccc2sc(C(F)(F)P(=O)(O)O)c(Br)c2c1. The number of fused-ring (bicyclic) bond motifs is 1. The summed E-state index contributed by atoms with van der Waals surface area (Å²) in [6.07, 6.45) is 3.03. The van der Waals surface area contributed by atoms with Crippen molar-refractivity contribution in [2.45, 2.75) is 5.66 Å². The Kier molecular flexibility index (Phi) is 5.52. The molecule has 13 heteroatoms. The van der Waals surface area contributed by atoms with E-state index in [0.29, 0.717) is 27.4 Å². The smallest absolute Gasteiger partial charge is 0.322 e.